The smallest absolute Gasteiger partial charge is 0.138 e. The molecule has 0 unspecified atom stereocenters. The molecule has 90 valence electrons. The Morgan fingerprint density at radius 1 is 1.35 bits per heavy atom. The van der Waals surface area contributed by atoms with Crippen LogP contribution in [0.25, 0.3) is 0 Å². The summed E-state index contributed by atoms with van der Waals surface area (Å²) in [5, 5.41) is 5.76. The van der Waals surface area contributed by atoms with Gasteiger partial charge >= 0.3 is 0 Å². The molecular weight excluding hydrogens is 256 g/mol. The Hall–Kier alpha value is -1.20. The molecule has 2 rings (SSSR count). The molecule has 1 N–H and O–H groups in total. The molecule has 0 radical (unpaired) electrons. The minimum atomic E-state index is 0.279. The molecule has 0 saturated heterocycles. The van der Waals surface area contributed by atoms with Crippen molar-refractivity contribution < 1.29 is 0 Å². The summed E-state index contributed by atoms with van der Waals surface area (Å²) in [6.07, 6.45) is 1.47. The third-order valence-electron chi connectivity index (χ3n) is 2.33. The molecular formula is C11H13ClN4S. The highest BCUT2D eigenvalue weighted by Gasteiger charge is 2.13. The van der Waals surface area contributed by atoms with E-state index in [2.05, 4.69) is 34.1 Å². The third kappa shape index (κ3) is 2.92. The van der Waals surface area contributed by atoms with Crippen molar-refractivity contribution in [1.29, 1.82) is 0 Å². The van der Waals surface area contributed by atoms with Gasteiger partial charge < -0.3 is 5.32 Å². The Balaban J connectivity index is 2.18. The SMILES string of the molecule is CC(C)c1c(Cl)ncnc1NCc1cscn1. The third-order valence-corrected chi connectivity index (χ3v) is 3.27. The summed E-state index contributed by atoms with van der Waals surface area (Å²) in [5.41, 5.74) is 3.76. The summed E-state index contributed by atoms with van der Waals surface area (Å²) < 4.78 is 0. The van der Waals surface area contributed by atoms with Gasteiger partial charge in [-0.3, -0.25) is 0 Å². The fourth-order valence-electron chi connectivity index (χ4n) is 1.53. The molecule has 0 saturated carbocycles. The zero-order chi connectivity index (χ0) is 12.3. The Labute approximate surface area is 109 Å². The number of thiazole rings is 1. The van der Waals surface area contributed by atoms with Gasteiger partial charge in [0.25, 0.3) is 0 Å². The van der Waals surface area contributed by atoms with Gasteiger partial charge in [-0.15, -0.1) is 11.3 Å². The van der Waals surface area contributed by atoms with Gasteiger partial charge in [-0.05, 0) is 5.92 Å². The molecule has 0 bridgehead atoms. The van der Waals surface area contributed by atoms with Crippen LogP contribution >= 0.6 is 22.9 Å². The minimum Gasteiger partial charge on any atom is -0.364 e. The molecule has 0 amide bonds. The van der Waals surface area contributed by atoms with Crippen LogP contribution in [0, 0.1) is 0 Å². The number of nitrogens with one attached hydrogen (secondary N) is 1. The Morgan fingerprint density at radius 2 is 2.18 bits per heavy atom. The molecule has 0 atom stereocenters. The standard InChI is InChI=1S/C11H13ClN4S/c1-7(2)9-10(12)14-5-15-11(9)13-3-8-4-17-6-16-8/h4-7H,3H2,1-2H3,(H,13,14,15). The van der Waals surface area contributed by atoms with Gasteiger partial charge in [-0.1, -0.05) is 25.4 Å². The van der Waals surface area contributed by atoms with Crippen LogP contribution in [0.15, 0.2) is 17.2 Å². The summed E-state index contributed by atoms with van der Waals surface area (Å²) in [6, 6.07) is 0. The molecule has 6 heteroatoms. The van der Waals surface area contributed by atoms with Gasteiger partial charge in [0.05, 0.1) is 17.7 Å². The van der Waals surface area contributed by atoms with E-state index in [9.17, 15) is 0 Å². The molecule has 0 aromatic carbocycles. The molecule has 0 aliphatic heterocycles. The lowest BCUT2D eigenvalue weighted by atomic mass is 10.1. The quantitative estimate of drug-likeness (QED) is 0.865. The van der Waals surface area contributed by atoms with E-state index < -0.39 is 0 Å². The van der Waals surface area contributed by atoms with E-state index in [1.165, 1.54) is 6.33 Å². The maximum absolute atomic E-state index is 6.08. The van der Waals surface area contributed by atoms with Crippen molar-refractivity contribution in [2.24, 2.45) is 0 Å². The van der Waals surface area contributed by atoms with E-state index in [0.717, 1.165) is 17.1 Å². The lowest BCUT2D eigenvalue weighted by Crippen LogP contribution is -2.07. The van der Waals surface area contributed by atoms with Gasteiger partial charge in [-0.2, -0.15) is 0 Å². The maximum Gasteiger partial charge on any atom is 0.138 e. The van der Waals surface area contributed by atoms with Crippen LogP contribution in [-0.2, 0) is 6.54 Å². The minimum absolute atomic E-state index is 0.279. The first-order valence-electron chi connectivity index (χ1n) is 5.29. The van der Waals surface area contributed by atoms with E-state index in [1.54, 1.807) is 11.3 Å². The highest BCUT2D eigenvalue weighted by molar-refractivity contribution is 7.07. The van der Waals surface area contributed by atoms with Crippen molar-refractivity contribution >= 4 is 28.8 Å². The van der Waals surface area contributed by atoms with Crippen LogP contribution < -0.4 is 5.32 Å². The van der Waals surface area contributed by atoms with Crippen molar-refractivity contribution in [1.82, 2.24) is 15.0 Å². The lowest BCUT2D eigenvalue weighted by molar-refractivity contribution is 0.843. The van der Waals surface area contributed by atoms with Gasteiger partial charge in [-0.25, -0.2) is 15.0 Å². The number of nitrogens with zero attached hydrogens (tertiary/aromatic N) is 3. The molecule has 0 aliphatic carbocycles. The predicted octanol–water partition coefficient (Wildman–Crippen LogP) is 3.32. The molecule has 0 aliphatic rings. The first-order chi connectivity index (χ1) is 8.18. The van der Waals surface area contributed by atoms with E-state index >= 15 is 0 Å². The molecule has 0 spiro atoms. The monoisotopic (exact) mass is 268 g/mol. The number of halogens is 1. The van der Waals surface area contributed by atoms with Crippen molar-refractivity contribution in [2.75, 3.05) is 5.32 Å². The highest BCUT2D eigenvalue weighted by atomic mass is 35.5. The molecule has 17 heavy (non-hydrogen) atoms. The van der Waals surface area contributed by atoms with Gasteiger partial charge in [0.1, 0.15) is 17.3 Å². The summed E-state index contributed by atoms with van der Waals surface area (Å²) >= 11 is 7.66. The van der Waals surface area contributed by atoms with Crippen LogP contribution in [0.5, 0.6) is 0 Å². The average Bonchev–Trinajstić information content (AvgIpc) is 2.78. The first kappa shape index (κ1) is 12.3. The van der Waals surface area contributed by atoms with Crippen LogP contribution in [0.4, 0.5) is 5.82 Å². The van der Waals surface area contributed by atoms with Gasteiger partial charge in [0.15, 0.2) is 0 Å². The van der Waals surface area contributed by atoms with E-state index in [0.29, 0.717) is 11.7 Å². The van der Waals surface area contributed by atoms with Crippen LogP contribution in [-0.4, -0.2) is 15.0 Å². The second-order valence-corrected chi connectivity index (χ2v) is 4.99. The number of aromatic nitrogens is 3. The first-order valence-corrected chi connectivity index (χ1v) is 6.62. The van der Waals surface area contributed by atoms with Crippen LogP contribution in [0.3, 0.4) is 0 Å². The molecule has 2 aromatic rings. The normalized spacial score (nSPS) is 10.8. The van der Waals surface area contributed by atoms with Gasteiger partial charge in [0.2, 0.25) is 0 Å². The van der Waals surface area contributed by atoms with Crippen molar-refractivity contribution in [3.05, 3.63) is 33.6 Å². The van der Waals surface area contributed by atoms with Crippen LogP contribution in [0.1, 0.15) is 31.0 Å². The Morgan fingerprint density at radius 3 is 2.82 bits per heavy atom. The van der Waals surface area contributed by atoms with Crippen molar-refractivity contribution in [3.8, 4) is 0 Å². The topological polar surface area (TPSA) is 50.7 Å². The largest absolute Gasteiger partial charge is 0.364 e. The average molecular weight is 269 g/mol. The zero-order valence-corrected chi connectivity index (χ0v) is 11.2. The summed E-state index contributed by atoms with van der Waals surface area (Å²) in [7, 11) is 0. The Bertz CT molecular complexity index is 484. The zero-order valence-electron chi connectivity index (χ0n) is 9.64. The molecule has 4 nitrogen and oxygen atoms in total. The second kappa shape index (κ2) is 5.42. The summed E-state index contributed by atoms with van der Waals surface area (Å²) in [4.78, 5) is 12.4. The highest BCUT2D eigenvalue weighted by Crippen LogP contribution is 2.28. The summed E-state index contributed by atoms with van der Waals surface area (Å²) in [5.74, 6) is 1.06. The number of rotatable bonds is 4. The second-order valence-electron chi connectivity index (χ2n) is 3.91. The number of hydrogen-bond donors (Lipinski definition) is 1. The number of hydrogen-bond acceptors (Lipinski definition) is 5. The van der Waals surface area contributed by atoms with Crippen LogP contribution in [0.2, 0.25) is 5.15 Å². The van der Waals surface area contributed by atoms with E-state index in [-0.39, 0.29) is 5.92 Å². The summed E-state index contributed by atoms with van der Waals surface area (Å²) in [6.45, 7) is 4.79. The predicted molar refractivity (Wildman–Crippen MR) is 70.6 cm³/mol. The lowest BCUT2D eigenvalue weighted by Gasteiger charge is -2.13. The Kier molecular flexibility index (Phi) is 3.91. The number of anilines is 1. The molecule has 2 aromatic heterocycles. The van der Waals surface area contributed by atoms with E-state index in [4.69, 9.17) is 11.6 Å². The molecule has 0 fully saturated rings. The fourth-order valence-corrected chi connectivity index (χ4v) is 2.44. The fraction of sp³-hybridized carbons (Fsp3) is 0.364. The maximum atomic E-state index is 6.08. The van der Waals surface area contributed by atoms with Gasteiger partial charge in [0, 0.05) is 10.9 Å². The van der Waals surface area contributed by atoms with E-state index in [1.807, 2.05) is 10.9 Å². The van der Waals surface area contributed by atoms with Crippen molar-refractivity contribution in [3.63, 3.8) is 0 Å². The van der Waals surface area contributed by atoms with Crippen molar-refractivity contribution in [2.45, 2.75) is 26.3 Å². The molecule has 2 heterocycles.